The fraction of sp³-hybridized carbons (Fsp3) is 0.444. The molecule has 3 heteroatoms. The summed E-state index contributed by atoms with van der Waals surface area (Å²) >= 11 is 0. The van der Waals surface area contributed by atoms with Gasteiger partial charge >= 0.3 is 0 Å². The summed E-state index contributed by atoms with van der Waals surface area (Å²) in [5.41, 5.74) is 1.80. The number of hydrogen-bond acceptors (Lipinski definition) is 2. The maximum Gasteiger partial charge on any atom is 0.134 e. The lowest BCUT2D eigenvalue weighted by atomic mass is 10.0. The van der Waals surface area contributed by atoms with E-state index in [1.807, 2.05) is 20.0 Å². The first-order chi connectivity index (χ1) is 10.2. The van der Waals surface area contributed by atoms with Crippen LogP contribution in [0, 0.1) is 12.7 Å². The predicted octanol–water partition coefficient (Wildman–Crippen LogP) is 5.28. The number of furan rings is 1. The third-order valence-electron chi connectivity index (χ3n) is 4.00. The molecule has 1 heterocycles. The molecule has 0 amide bonds. The maximum absolute atomic E-state index is 13.4. The number of allylic oxidation sites excluding steroid dienone is 1. The van der Waals surface area contributed by atoms with E-state index in [1.54, 1.807) is 12.1 Å². The highest BCUT2D eigenvalue weighted by Gasteiger charge is 2.18. The monoisotopic (exact) mass is 289 g/mol. The summed E-state index contributed by atoms with van der Waals surface area (Å²) in [4.78, 5) is 0. The first-order valence-corrected chi connectivity index (χ1v) is 7.64. The Hall–Kier alpha value is -1.61. The van der Waals surface area contributed by atoms with Crippen molar-refractivity contribution < 1.29 is 8.81 Å². The molecule has 0 bridgehead atoms. The Morgan fingerprint density at radius 3 is 2.86 bits per heavy atom. The van der Waals surface area contributed by atoms with Crippen LogP contribution in [0.5, 0.6) is 0 Å². The third kappa shape index (κ3) is 3.73. The van der Waals surface area contributed by atoms with Gasteiger partial charge in [0.05, 0.1) is 6.04 Å². The Kier molecular flexibility index (Phi) is 5.57. The average molecular weight is 289 g/mol. The molecule has 1 N–H and O–H groups in total. The SMILES string of the molecule is C=CCCCCCC(NC)c1oc2ccc(F)cc2c1C. The Labute approximate surface area is 126 Å². The maximum atomic E-state index is 13.4. The zero-order valence-electron chi connectivity index (χ0n) is 12.9. The number of benzene rings is 1. The molecule has 2 aromatic rings. The Morgan fingerprint density at radius 2 is 2.14 bits per heavy atom. The van der Waals surface area contributed by atoms with Crippen molar-refractivity contribution in [2.45, 2.75) is 45.1 Å². The van der Waals surface area contributed by atoms with Crippen LogP contribution in [0.3, 0.4) is 0 Å². The van der Waals surface area contributed by atoms with Crippen molar-refractivity contribution in [3.63, 3.8) is 0 Å². The highest BCUT2D eigenvalue weighted by atomic mass is 19.1. The van der Waals surface area contributed by atoms with Crippen molar-refractivity contribution in [1.29, 1.82) is 0 Å². The van der Waals surface area contributed by atoms with Gasteiger partial charge in [0.25, 0.3) is 0 Å². The molecule has 0 aliphatic carbocycles. The third-order valence-corrected chi connectivity index (χ3v) is 4.00. The quantitative estimate of drug-likeness (QED) is 0.528. The first kappa shape index (κ1) is 15.8. The van der Waals surface area contributed by atoms with Gasteiger partial charge in [-0.3, -0.25) is 0 Å². The van der Waals surface area contributed by atoms with E-state index >= 15 is 0 Å². The normalized spacial score (nSPS) is 12.7. The first-order valence-electron chi connectivity index (χ1n) is 7.64. The molecular weight excluding hydrogens is 265 g/mol. The second-order valence-electron chi connectivity index (χ2n) is 5.50. The minimum Gasteiger partial charge on any atom is -0.459 e. The number of aryl methyl sites for hydroxylation is 1. The van der Waals surface area contributed by atoms with Crippen LogP contribution in [-0.2, 0) is 0 Å². The molecule has 0 radical (unpaired) electrons. The number of rotatable bonds is 8. The van der Waals surface area contributed by atoms with Crippen LogP contribution in [0.25, 0.3) is 11.0 Å². The molecular formula is C18H24FNO. The van der Waals surface area contributed by atoms with Gasteiger partial charge in [-0.05, 0) is 51.4 Å². The van der Waals surface area contributed by atoms with Gasteiger partial charge in [0, 0.05) is 10.9 Å². The predicted molar refractivity (Wildman–Crippen MR) is 86.0 cm³/mol. The molecule has 21 heavy (non-hydrogen) atoms. The number of hydrogen-bond donors (Lipinski definition) is 1. The summed E-state index contributed by atoms with van der Waals surface area (Å²) in [7, 11) is 1.95. The van der Waals surface area contributed by atoms with Gasteiger partial charge in [-0.1, -0.05) is 18.9 Å². The van der Waals surface area contributed by atoms with E-state index in [-0.39, 0.29) is 11.9 Å². The Bertz CT molecular complexity index is 603. The van der Waals surface area contributed by atoms with Crippen LogP contribution >= 0.6 is 0 Å². The number of unbranched alkanes of at least 4 members (excludes halogenated alkanes) is 3. The summed E-state index contributed by atoms with van der Waals surface area (Å²) in [5, 5.41) is 4.19. The number of nitrogens with one attached hydrogen (secondary N) is 1. The molecule has 1 aromatic carbocycles. The fourth-order valence-corrected chi connectivity index (χ4v) is 2.76. The summed E-state index contributed by atoms with van der Waals surface area (Å²) in [6.45, 7) is 5.74. The highest BCUT2D eigenvalue weighted by Crippen LogP contribution is 2.32. The van der Waals surface area contributed by atoms with Gasteiger partial charge in [0.15, 0.2) is 0 Å². The van der Waals surface area contributed by atoms with Gasteiger partial charge < -0.3 is 9.73 Å². The van der Waals surface area contributed by atoms with Crippen LogP contribution in [0.2, 0.25) is 0 Å². The summed E-state index contributed by atoms with van der Waals surface area (Å²) in [6, 6.07) is 4.88. The van der Waals surface area contributed by atoms with Gasteiger partial charge in [0.1, 0.15) is 17.2 Å². The van der Waals surface area contributed by atoms with Gasteiger partial charge in [0.2, 0.25) is 0 Å². The van der Waals surface area contributed by atoms with Crippen LogP contribution in [0.15, 0.2) is 35.3 Å². The molecule has 114 valence electrons. The van der Waals surface area contributed by atoms with Gasteiger partial charge in [-0.15, -0.1) is 6.58 Å². The lowest BCUT2D eigenvalue weighted by molar-refractivity contribution is 0.416. The van der Waals surface area contributed by atoms with Crippen molar-refractivity contribution >= 4 is 11.0 Å². The van der Waals surface area contributed by atoms with E-state index in [0.29, 0.717) is 0 Å². The molecule has 0 saturated carbocycles. The smallest absolute Gasteiger partial charge is 0.134 e. The van der Waals surface area contributed by atoms with Gasteiger partial charge in [-0.25, -0.2) is 4.39 Å². The van der Waals surface area contributed by atoms with Crippen molar-refractivity contribution in [2.75, 3.05) is 7.05 Å². The highest BCUT2D eigenvalue weighted by molar-refractivity contribution is 5.82. The van der Waals surface area contributed by atoms with Crippen molar-refractivity contribution in [1.82, 2.24) is 5.32 Å². The minimum atomic E-state index is -0.219. The molecule has 1 unspecified atom stereocenters. The van der Waals surface area contributed by atoms with E-state index in [9.17, 15) is 4.39 Å². The van der Waals surface area contributed by atoms with Crippen molar-refractivity contribution in [2.24, 2.45) is 0 Å². The standard InChI is InChI=1S/C18H24FNO/c1-4-5-6-7-8-9-16(20-3)18-13(2)15-12-14(19)10-11-17(15)21-18/h4,10-12,16,20H,1,5-9H2,2-3H3. The lowest BCUT2D eigenvalue weighted by Gasteiger charge is -2.14. The van der Waals surface area contributed by atoms with Gasteiger partial charge in [-0.2, -0.15) is 0 Å². The lowest BCUT2D eigenvalue weighted by Crippen LogP contribution is -2.16. The Morgan fingerprint density at radius 1 is 1.33 bits per heavy atom. The minimum absolute atomic E-state index is 0.184. The van der Waals surface area contributed by atoms with Crippen LogP contribution in [0.4, 0.5) is 4.39 Å². The Balaban J connectivity index is 2.10. The summed E-state index contributed by atoms with van der Waals surface area (Å²) in [6.07, 6.45) is 7.59. The number of fused-ring (bicyclic) bond motifs is 1. The zero-order chi connectivity index (χ0) is 15.2. The van der Waals surface area contributed by atoms with E-state index in [4.69, 9.17) is 4.42 Å². The second kappa shape index (κ2) is 7.41. The van der Waals surface area contributed by atoms with Crippen LogP contribution in [-0.4, -0.2) is 7.05 Å². The van der Waals surface area contributed by atoms with Crippen molar-refractivity contribution in [3.05, 3.63) is 48.0 Å². The second-order valence-corrected chi connectivity index (χ2v) is 5.50. The molecule has 2 rings (SSSR count). The van der Waals surface area contributed by atoms with E-state index in [0.717, 1.165) is 41.6 Å². The molecule has 0 spiro atoms. The molecule has 0 fully saturated rings. The average Bonchev–Trinajstić information content (AvgIpc) is 2.80. The molecule has 0 saturated heterocycles. The fourth-order valence-electron chi connectivity index (χ4n) is 2.76. The largest absolute Gasteiger partial charge is 0.459 e. The topological polar surface area (TPSA) is 25.2 Å². The zero-order valence-corrected chi connectivity index (χ0v) is 12.9. The number of halogens is 1. The van der Waals surface area contributed by atoms with E-state index in [1.165, 1.54) is 18.9 Å². The van der Waals surface area contributed by atoms with E-state index in [2.05, 4.69) is 11.9 Å². The van der Waals surface area contributed by atoms with E-state index < -0.39 is 0 Å². The molecule has 0 aliphatic rings. The van der Waals surface area contributed by atoms with Crippen molar-refractivity contribution in [3.8, 4) is 0 Å². The molecule has 0 aliphatic heterocycles. The molecule has 1 atom stereocenters. The molecule has 2 nitrogen and oxygen atoms in total. The summed E-state index contributed by atoms with van der Waals surface area (Å²) < 4.78 is 19.3. The van der Waals surface area contributed by atoms with Crippen LogP contribution in [0.1, 0.15) is 49.5 Å². The summed E-state index contributed by atoms with van der Waals surface area (Å²) in [5.74, 6) is 0.713. The van der Waals surface area contributed by atoms with Crippen LogP contribution < -0.4 is 5.32 Å². The molecule has 1 aromatic heterocycles.